The highest BCUT2D eigenvalue weighted by molar-refractivity contribution is 5.92. The first-order valence-electron chi connectivity index (χ1n) is 8.30. The number of carbonyl (C=O) groups excluding carboxylic acids is 2. The maximum absolute atomic E-state index is 12.0. The van der Waals surface area contributed by atoms with Crippen LogP contribution in [0.15, 0.2) is 48.5 Å². The summed E-state index contributed by atoms with van der Waals surface area (Å²) in [4.78, 5) is 26.0. The number of hydrogen-bond acceptors (Lipinski definition) is 3. The third kappa shape index (κ3) is 4.81. The van der Waals surface area contributed by atoms with Crippen molar-refractivity contribution in [3.05, 3.63) is 59.7 Å². The molecule has 3 rings (SSSR count). The second kappa shape index (κ2) is 7.81. The number of amides is 3. The lowest BCUT2D eigenvalue weighted by Gasteiger charge is -2.09. The Labute approximate surface area is 147 Å². The molecule has 1 aliphatic rings. The van der Waals surface area contributed by atoms with Gasteiger partial charge in [-0.05, 0) is 42.4 Å². The van der Waals surface area contributed by atoms with Gasteiger partial charge in [0.25, 0.3) is 0 Å². The molecule has 0 fully saturated rings. The summed E-state index contributed by atoms with van der Waals surface area (Å²) in [5, 5.41) is 8.27. The van der Waals surface area contributed by atoms with Crippen LogP contribution in [-0.4, -0.2) is 30.4 Å². The molecule has 1 aliphatic heterocycles. The molecule has 2 aromatic rings. The van der Waals surface area contributed by atoms with E-state index in [0.29, 0.717) is 5.69 Å². The molecule has 3 amide bonds. The molecule has 130 valence electrons. The van der Waals surface area contributed by atoms with E-state index in [0.717, 1.165) is 18.8 Å². The summed E-state index contributed by atoms with van der Waals surface area (Å²) in [6, 6.07) is 14.9. The normalized spacial score (nSPS) is 13.2. The lowest BCUT2D eigenvalue weighted by molar-refractivity contribution is -0.116. The van der Waals surface area contributed by atoms with Crippen LogP contribution in [-0.2, 0) is 17.9 Å². The summed E-state index contributed by atoms with van der Waals surface area (Å²) in [5.74, 6) is -0.119. The maximum Gasteiger partial charge on any atom is 0.319 e. The highest BCUT2D eigenvalue weighted by atomic mass is 16.2. The number of benzene rings is 2. The number of anilines is 2. The largest absolute Gasteiger partial charge is 0.337 e. The van der Waals surface area contributed by atoms with Crippen LogP contribution in [0.4, 0.5) is 16.2 Å². The second-order valence-corrected chi connectivity index (χ2v) is 6.20. The minimum atomic E-state index is -0.320. The SMILES string of the molecule is CN1Cc2ccc(NC(=O)CCNC(=O)Nc3ccccc3)cc2C1. The third-order valence-electron chi connectivity index (χ3n) is 4.04. The van der Waals surface area contributed by atoms with Crippen molar-refractivity contribution in [3.63, 3.8) is 0 Å². The number of rotatable bonds is 5. The van der Waals surface area contributed by atoms with Gasteiger partial charge in [0.2, 0.25) is 5.91 Å². The van der Waals surface area contributed by atoms with Crippen molar-refractivity contribution in [3.8, 4) is 0 Å². The molecule has 0 aromatic heterocycles. The highest BCUT2D eigenvalue weighted by Crippen LogP contribution is 2.24. The maximum atomic E-state index is 12.0. The summed E-state index contributed by atoms with van der Waals surface area (Å²) < 4.78 is 0. The quantitative estimate of drug-likeness (QED) is 0.785. The molecule has 0 bridgehead atoms. The van der Waals surface area contributed by atoms with Gasteiger partial charge in [0.1, 0.15) is 0 Å². The summed E-state index contributed by atoms with van der Waals surface area (Å²) in [6.45, 7) is 2.13. The Hall–Kier alpha value is -2.86. The van der Waals surface area contributed by atoms with Crippen molar-refractivity contribution in [1.82, 2.24) is 10.2 Å². The summed E-state index contributed by atoms with van der Waals surface area (Å²) >= 11 is 0. The summed E-state index contributed by atoms with van der Waals surface area (Å²) in [5.41, 5.74) is 4.07. The van der Waals surface area contributed by atoms with Crippen LogP contribution in [0.25, 0.3) is 0 Å². The topological polar surface area (TPSA) is 73.5 Å². The van der Waals surface area contributed by atoms with E-state index in [1.165, 1.54) is 11.1 Å². The highest BCUT2D eigenvalue weighted by Gasteiger charge is 2.15. The lowest BCUT2D eigenvalue weighted by Crippen LogP contribution is -2.31. The van der Waals surface area contributed by atoms with Crippen molar-refractivity contribution in [2.75, 3.05) is 24.2 Å². The molecule has 0 saturated carbocycles. The Morgan fingerprint density at radius 1 is 0.960 bits per heavy atom. The van der Waals surface area contributed by atoms with Crippen LogP contribution in [0, 0.1) is 0 Å². The van der Waals surface area contributed by atoms with Gasteiger partial charge in [0, 0.05) is 37.4 Å². The smallest absolute Gasteiger partial charge is 0.319 e. The molecule has 0 spiro atoms. The van der Waals surface area contributed by atoms with Gasteiger partial charge < -0.3 is 16.0 Å². The minimum Gasteiger partial charge on any atom is -0.337 e. The van der Waals surface area contributed by atoms with E-state index >= 15 is 0 Å². The fourth-order valence-corrected chi connectivity index (χ4v) is 2.85. The third-order valence-corrected chi connectivity index (χ3v) is 4.04. The number of carbonyl (C=O) groups is 2. The molecule has 0 atom stereocenters. The molecule has 2 aromatic carbocycles. The van der Waals surface area contributed by atoms with Gasteiger partial charge in [-0.15, -0.1) is 0 Å². The van der Waals surface area contributed by atoms with Gasteiger partial charge in [-0.3, -0.25) is 9.69 Å². The van der Waals surface area contributed by atoms with Gasteiger partial charge in [0.15, 0.2) is 0 Å². The van der Waals surface area contributed by atoms with Crippen molar-refractivity contribution < 1.29 is 9.59 Å². The van der Waals surface area contributed by atoms with Crippen molar-refractivity contribution in [1.29, 1.82) is 0 Å². The van der Waals surface area contributed by atoms with Gasteiger partial charge in [-0.25, -0.2) is 4.79 Å². The Morgan fingerprint density at radius 2 is 1.72 bits per heavy atom. The molecule has 1 heterocycles. The van der Waals surface area contributed by atoms with Crippen LogP contribution >= 0.6 is 0 Å². The van der Waals surface area contributed by atoms with Crippen LogP contribution < -0.4 is 16.0 Å². The monoisotopic (exact) mass is 338 g/mol. The molecule has 25 heavy (non-hydrogen) atoms. The molecule has 0 aliphatic carbocycles. The van der Waals surface area contributed by atoms with Crippen LogP contribution in [0.2, 0.25) is 0 Å². The van der Waals surface area contributed by atoms with E-state index in [-0.39, 0.29) is 24.9 Å². The first-order chi connectivity index (χ1) is 12.1. The Bertz CT molecular complexity index is 761. The van der Waals surface area contributed by atoms with Gasteiger partial charge >= 0.3 is 6.03 Å². The number of para-hydroxylation sites is 1. The Balaban J connectivity index is 1.41. The van der Waals surface area contributed by atoms with Crippen LogP contribution in [0.5, 0.6) is 0 Å². The second-order valence-electron chi connectivity index (χ2n) is 6.20. The average Bonchev–Trinajstić information content (AvgIpc) is 2.95. The van der Waals surface area contributed by atoms with Gasteiger partial charge in [-0.2, -0.15) is 0 Å². The molecule has 6 heteroatoms. The summed E-state index contributed by atoms with van der Waals surface area (Å²) in [7, 11) is 2.07. The molecular formula is C19H22N4O2. The Morgan fingerprint density at radius 3 is 2.52 bits per heavy atom. The zero-order chi connectivity index (χ0) is 17.6. The van der Waals surface area contributed by atoms with E-state index in [1.807, 2.05) is 30.3 Å². The summed E-state index contributed by atoms with van der Waals surface area (Å²) in [6.07, 6.45) is 0.221. The molecular weight excluding hydrogens is 316 g/mol. The Kier molecular flexibility index (Phi) is 5.30. The molecule has 3 N–H and O–H groups in total. The van der Waals surface area contributed by atoms with Gasteiger partial charge in [-0.1, -0.05) is 24.3 Å². The number of nitrogens with one attached hydrogen (secondary N) is 3. The molecule has 0 radical (unpaired) electrons. The number of hydrogen-bond donors (Lipinski definition) is 3. The molecule has 0 unspecified atom stereocenters. The fourth-order valence-electron chi connectivity index (χ4n) is 2.85. The molecule has 6 nitrogen and oxygen atoms in total. The van der Waals surface area contributed by atoms with E-state index in [4.69, 9.17) is 0 Å². The van der Waals surface area contributed by atoms with Crippen LogP contribution in [0.3, 0.4) is 0 Å². The molecule has 0 saturated heterocycles. The standard InChI is InChI=1S/C19H22N4O2/c1-23-12-14-7-8-17(11-15(14)13-23)21-18(24)9-10-20-19(25)22-16-5-3-2-4-6-16/h2-8,11H,9-10,12-13H2,1H3,(H,21,24)(H2,20,22,25). The zero-order valence-electron chi connectivity index (χ0n) is 14.2. The van der Waals surface area contributed by atoms with Crippen LogP contribution in [0.1, 0.15) is 17.5 Å². The van der Waals surface area contributed by atoms with E-state index < -0.39 is 0 Å². The zero-order valence-corrected chi connectivity index (χ0v) is 14.2. The fraction of sp³-hybridized carbons (Fsp3) is 0.263. The first-order valence-corrected chi connectivity index (χ1v) is 8.30. The van der Waals surface area contributed by atoms with E-state index in [1.54, 1.807) is 12.1 Å². The lowest BCUT2D eigenvalue weighted by atomic mass is 10.1. The van der Waals surface area contributed by atoms with Gasteiger partial charge in [0.05, 0.1) is 0 Å². The average molecular weight is 338 g/mol. The first kappa shape index (κ1) is 17.0. The van der Waals surface area contributed by atoms with E-state index in [2.05, 4.69) is 34.0 Å². The van der Waals surface area contributed by atoms with Crippen molar-refractivity contribution >= 4 is 23.3 Å². The van der Waals surface area contributed by atoms with Crippen molar-refractivity contribution in [2.24, 2.45) is 0 Å². The number of fused-ring (bicyclic) bond motifs is 1. The number of nitrogens with zero attached hydrogens (tertiary/aromatic N) is 1. The number of urea groups is 1. The van der Waals surface area contributed by atoms with E-state index in [9.17, 15) is 9.59 Å². The predicted octanol–water partition coefficient (Wildman–Crippen LogP) is 2.78. The predicted molar refractivity (Wildman–Crippen MR) is 98.3 cm³/mol. The minimum absolute atomic E-state index is 0.119. The van der Waals surface area contributed by atoms with Crippen molar-refractivity contribution in [2.45, 2.75) is 19.5 Å².